The zero-order valence-corrected chi connectivity index (χ0v) is 26.8. The van der Waals surface area contributed by atoms with Gasteiger partial charge in [0.25, 0.3) is 0 Å². The molecule has 48 heavy (non-hydrogen) atoms. The molecule has 4 N–H and O–H groups in total. The van der Waals surface area contributed by atoms with Crippen molar-refractivity contribution in [2.75, 3.05) is 52.2 Å². The van der Waals surface area contributed by atoms with Gasteiger partial charge in [0.15, 0.2) is 11.6 Å². The van der Waals surface area contributed by atoms with Crippen molar-refractivity contribution in [2.45, 2.75) is 37.8 Å². The highest BCUT2D eigenvalue weighted by Gasteiger charge is 2.35. The fraction of sp³-hybridized carbons (Fsp3) is 0.375. The summed E-state index contributed by atoms with van der Waals surface area (Å²) in [5, 5.41) is 10.6. The monoisotopic (exact) mass is 668 g/mol. The van der Waals surface area contributed by atoms with Gasteiger partial charge < -0.3 is 29.6 Å². The minimum Gasteiger partial charge on any atom is -0.469 e. The highest BCUT2D eigenvalue weighted by Crippen LogP contribution is 2.35. The van der Waals surface area contributed by atoms with Crippen molar-refractivity contribution in [3.8, 4) is 0 Å². The van der Waals surface area contributed by atoms with Gasteiger partial charge in [-0.1, -0.05) is 24.3 Å². The van der Waals surface area contributed by atoms with E-state index in [9.17, 15) is 38.4 Å². The van der Waals surface area contributed by atoms with E-state index in [0.717, 1.165) is 7.11 Å². The SMILES string of the molecule is COC(=O)CCC(NCC(=O)OC)C(=O)Nc1cccc2c1C(=O)c1cccc(NC(=O)CNC(CCC(=O)OC)C(=O)OC)c1C2=O. The van der Waals surface area contributed by atoms with Crippen molar-refractivity contribution < 1.29 is 57.3 Å². The second kappa shape index (κ2) is 17.4. The van der Waals surface area contributed by atoms with Crippen LogP contribution in [0.3, 0.4) is 0 Å². The van der Waals surface area contributed by atoms with Gasteiger partial charge in [-0.2, -0.15) is 0 Å². The molecule has 0 aliphatic heterocycles. The number of fused-ring (bicyclic) bond motifs is 2. The van der Waals surface area contributed by atoms with E-state index in [0.29, 0.717) is 0 Å². The smallest absolute Gasteiger partial charge is 0.322 e. The summed E-state index contributed by atoms with van der Waals surface area (Å²) < 4.78 is 18.5. The van der Waals surface area contributed by atoms with Crippen LogP contribution in [0.4, 0.5) is 11.4 Å². The second-order valence-electron chi connectivity index (χ2n) is 10.3. The third kappa shape index (κ3) is 9.29. The summed E-state index contributed by atoms with van der Waals surface area (Å²) in [6.07, 6.45) is -0.303. The number of amides is 2. The first-order valence-electron chi connectivity index (χ1n) is 14.7. The Labute approximate surface area is 275 Å². The second-order valence-corrected chi connectivity index (χ2v) is 10.3. The first kappa shape index (κ1) is 37.0. The van der Waals surface area contributed by atoms with Crippen LogP contribution in [0.2, 0.25) is 0 Å². The maximum atomic E-state index is 13.8. The summed E-state index contributed by atoms with van der Waals surface area (Å²) in [4.78, 5) is 101. The third-order valence-electron chi connectivity index (χ3n) is 7.37. The minimum absolute atomic E-state index is 0.00335. The Hall–Kier alpha value is -5.48. The van der Waals surface area contributed by atoms with E-state index in [2.05, 4.69) is 35.5 Å². The molecule has 2 unspecified atom stereocenters. The molecule has 2 aromatic rings. The molecule has 256 valence electrons. The Morgan fingerprint density at radius 2 is 1.08 bits per heavy atom. The molecule has 2 aromatic carbocycles. The van der Waals surface area contributed by atoms with E-state index in [1.165, 1.54) is 57.7 Å². The van der Waals surface area contributed by atoms with Crippen LogP contribution in [0, 0.1) is 0 Å². The lowest BCUT2D eigenvalue weighted by Crippen LogP contribution is -2.43. The summed E-state index contributed by atoms with van der Waals surface area (Å²) in [5.74, 6) is -5.02. The van der Waals surface area contributed by atoms with Crippen LogP contribution in [0.5, 0.6) is 0 Å². The fourth-order valence-corrected chi connectivity index (χ4v) is 4.86. The van der Waals surface area contributed by atoms with Crippen LogP contribution < -0.4 is 21.3 Å². The molecule has 2 amide bonds. The number of carbonyl (C=O) groups is 8. The van der Waals surface area contributed by atoms with Crippen molar-refractivity contribution in [1.29, 1.82) is 0 Å². The van der Waals surface area contributed by atoms with E-state index in [4.69, 9.17) is 4.74 Å². The van der Waals surface area contributed by atoms with Crippen molar-refractivity contribution >= 4 is 58.6 Å². The number of ketones is 2. The van der Waals surface area contributed by atoms with Gasteiger partial charge in [0.1, 0.15) is 6.04 Å². The molecule has 0 fully saturated rings. The van der Waals surface area contributed by atoms with Crippen LogP contribution in [-0.2, 0) is 47.7 Å². The van der Waals surface area contributed by atoms with Gasteiger partial charge in [-0.15, -0.1) is 0 Å². The first-order chi connectivity index (χ1) is 22.9. The van der Waals surface area contributed by atoms with Crippen molar-refractivity contribution in [1.82, 2.24) is 10.6 Å². The summed E-state index contributed by atoms with van der Waals surface area (Å²) >= 11 is 0. The van der Waals surface area contributed by atoms with Crippen molar-refractivity contribution in [2.24, 2.45) is 0 Å². The lowest BCUT2D eigenvalue weighted by atomic mass is 9.82. The molecular weight excluding hydrogens is 632 g/mol. The molecule has 16 nitrogen and oxygen atoms in total. The molecular formula is C32H36N4O12. The van der Waals surface area contributed by atoms with Gasteiger partial charge in [0, 0.05) is 24.0 Å². The average molecular weight is 669 g/mol. The zero-order chi connectivity index (χ0) is 35.4. The number of esters is 4. The summed E-state index contributed by atoms with van der Waals surface area (Å²) in [5.41, 5.74) is -0.165. The van der Waals surface area contributed by atoms with Crippen molar-refractivity contribution in [3.05, 3.63) is 58.7 Å². The number of benzene rings is 2. The van der Waals surface area contributed by atoms with Gasteiger partial charge in [-0.25, -0.2) is 0 Å². The fourth-order valence-electron chi connectivity index (χ4n) is 4.86. The molecule has 1 aliphatic carbocycles. The van der Waals surface area contributed by atoms with E-state index < -0.39 is 65.9 Å². The number of nitrogens with one attached hydrogen (secondary N) is 4. The maximum Gasteiger partial charge on any atom is 0.322 e. The number of anilines is 2. The van der Waals surface area contributed by atoms with Crippen LogP contribution in [-0.4, -0.2) is 101 Å². The lowest BCUT2D eigenvalue weighted by Gasteiger charge is -2.24. The van der Waals surface area contributed by atoms with Crippen LogP contribution in [0.25, 0.3) is 0 Å². The summed E-state index contributed by atoms with van der Waals surface area (Å²) in [6.45, 7) is -0.741. The van der Waals surface area contributed by atoms with Crippen LogP contribution >= 0.6 is 0 Å². The predicted molar refractivity (Wildman–Crippen MR) is 167 cm³/mol. The quantitative estimate of drug-likeness (QED) is 0.121. The van der Waals surface area contributed by atoms with Crippen molar-refractivity contribution in [3.63, 3.8) is 0 Å². The molecule has 0 heterocycles. The Morgan fingerprint density at radius 3 is 1.58 bits per heavy atom. The third-order valence-corrected chi connectivity index (χ3v) is 7.37. The summed E-state index contributed by atoms with van der Waals surface area (Å²) in [6, 6.07) is 6.53. The molecule has 0 radical (unpaired) electrons. The lowest BCUT2D eigenvalue weighted by molar-refractivity contribution is -0.145. The van der Waals surface area contributed by atoms with Gasteiger partial charge in [0.2, 0.25) is 11.8 Å². The Kier molecular flexibility index (Phi) is 13.4. The number of hydrogen-bond donors (Lipinski definition) is 4. The normalized spacial score (nSPS) is 12.8. The molecule has 2 atom stereocenters. The Balaban J connectivity index is 1.82. The first-order valence-corrected chi connectivity index (χ1v) is 14.7. The van der Waals surface area contributed by atoms with Crippen LogP contribution in [0.1, 0.15) is 57.5 Å². The number of hydrogen-bond acceptors (Lipinski definition) is 14. The Bertz CT molecular complexity index is 1590. The molecule has 3 rings (SSSR count). The number of rotatable bonds is 16. The molecule has 0 bridgehead atoms. The summed E-state index contributed by atoms with van der Waals surface area (Å²) in [7, 11) is 4.74. The van der Waals surface area contributed by atoms with E-state index in [-0.39, 0.29) is 65.9 Å². The Morgan fingerprint density at radius 1 is 0.604 bits per heavy atom. The van der Waals surface area contributed by atoms with E-state index in [1.807, 2.05) is 0 Å². The van der Waals surface area contributed by atoms with E-state index in [1.54, 1.807) is 0 Å². The predicted octanol–water partition coefficient (Wildman–Crippen LogP) is 0.508. The van der Waals surface area contributed by atoms with Gasteiger partial charge in [-0.05, 0) is 25.0 Å². The van der Waals surface area contributed by atoms with Gasteiger partial charge in [-0.3, -0.25) is 49.0 Å². The van der Waals surface area contributed by atoms with Gasteiger partial charge >= 0.3 is 23.9 Å². The number of methoxy groups -OCH3 is 4. The standard InChI is InChI=1S/C32H36N4O12/c1-45-24(38)13-11-21(34-16-26(40)47-3)31(43)36-20-10-6-8-18-28(20)30(42)17-7-5-9-19(27(17)29(18)41)35-23(37)15-33-22(32(44)48-4)12-14-25(39)46-2/h5-10,21-22,33-34H,11-16H2,1-4H3,(H,35,37)(H,36,43). The number of ether oxygens (including phenoxy) is 4. The molecule has 0 spiro atoms. The highest BCUT2D eigenvalue weighted by molar-refractivity contribution is 6.32. The largest absolute Gasteiger partial charge is 0.469 e. The molecule has 16 heteroatoms. The maximum absolute atomic E-state index is 13.8. The molecule has 0 saturated carbocycles. The number of carbonyl (C=O) groups excluding carboxylic acids is 8. The highest BCUT2D eigenvalue weighted by atomic mass is 16.5. The molecule has 1 aliphatic rings. The zero-order valence-electron chi connectivity index (χ0n) is 26.8. The van der Waals surface area contributed by atoms with E-state index >= 15 is 0 Å². The average Bonchev–Trinajstić information content (AvgIpc) is 3.09. The topological polar surface area (TPSA) is 222 Å². The molecule has 0 saturated heterocycles. The van der Waals surface area contributed by atoms with Gasteiger partial charge in [0.05, 0.1) is 70.1 Å². The minimum atomic E-state index is -1.07. The van der Waals surface area contributed by atoms with Crippen LogP contribution in [0.15, 0.2) is 36.4 Å². The molecule has 0 aromatic heterocycles.